The zero-order chi connectivity index (χ0) is 21.1. The van der Waals surface area contributed by atoms with Crippen LogP contribution in [0.4, 0.5) is 0 Å². The number of carbonyl (C=O) groups excluding carboxylic acids is 2. The molecule has 4 rings (SSSR count). The molecule has 2 heterocycles. The zero-order valence-electron chi connectivity index (χ0n) is 16.0. The van der Waals surface area contributed by atoms with Gasteiger partial charge in [-0.25, -0.2) is 4.98 Å². The Bertz CT molecular complexity index is 1170. The van der Waals surface area contributed by atoms with E-state index in [4.69, 9.17) is 4.42 Å². The Morgan fingerprint density at radius 3 is 2.63 bits per heavy atom. The number of aromatic nitrogens is 1. The Balaban J connectivity index is 1.33. The highest BCUT2D eigenvalue weighted by molar-refractivity contribution is 9.10. The third-order valence-corrected chi connectivity index (χ3v) is 6.03. The smallest absolute Gasteiger partial charge is 0.251 e. The van der Waals surface area contributed by atoms with Crippen molar-refractivity contribution in [1.29, 1.82) is 0 Å². The molecule has 2 amide bonds. The number of fused-ring (bicyclic) bond motifs is 1. The van der Waals surface area contributed by atoms with Crippen molar-refractivity contribution in [2.45, 2.75) is 19.5 Å². The summed E-state index contributed by atoms with van der Waals surface area (Å²) >= 11 is 4.88. The highest BCUT2D eigenvalue weighted by Crippen LogP contribution is 2.31. The summed E-state index contributed by atoms with van der Waals surface area (Å²) in [5.74, 6) is 0.681. The van der Waals surface area contributed by atoms with E-state index in [9.17, 15) is 9.59 Å². The van der Waals surface area contributed by atoms with Crippen LogP contribution in [0, 0.1) is 0 Å². The molecule has 0 aliphatic carbocycles. The van der Waals surface area contributed by atoms with E-state index in [0.29, 0.717) is 17.1 Å². The predicted octanol–water partition coefficient (Wildman–Crippen LogP) is 4.75. The van der Waals surface area contributed by atoms with Crippen LogP contribution in [0.1, 0.15) is 23.0 Å². The second-order valence-electron chi connectivity index (χ2n) is 6.67. The summed E-state index contributed by atoms with van der Waals surface area (Å²) in [6.45, 7) is 1.86. The van der Waals surface area contributed by atoms with E-state index in [0.717, 1.165) is 19.7 Å². The SMILES string of the molecule is C[C@H](NC(=O)c1ccc(Br)cc1)C(=O)NCc1ccc(-c2nc3ccccc3s2)o1. The molecule has 152 valence electrons. The molecule has 2 N–H and O–H groups in total. The fraction of sp³-hybridized carbons (Fsp3) is 0.136. The molecule has 0 aliphatic heterocycles. The van der Waals surface area contributed by atoms with Crippen LogP contribution >= 0.6 is 27.3 Å². The lowest BCUT2D eigenvalue weighted by molar-refractivity contribution is -0.122. The molecule has 0 aliphatic rings. The fourth-order valence-electron chi connectivity index (χ4n) is 2.84. The van der Waals surface area contributed by atoms with E-state index in [1.165, 1.54) is 0 Å². The van der Waals surface area contributed by atoms with E-state index in [1.54, 1.807) is 42.5 Å². The molecule has 0 saturated carbocycles. The predicted molar refractivity (Wildman–Crippen MR) is 120 cm³/mol. The number of furan rings is 1. The summed E-state index contributed by atoms with van der Waals surface area (Å²) in [5.41, 5.74) is 1.42. The van der Waals surface area contributed by atoms with E-state index in [-0.39, 0.29) is 18.4 Å². The largest absolute Gasteiger partial charge is 0.457 e. The van der Waals surface area contributed by atoms with E-state index in [1.807, 2.05) is 36.4 Å². The van der Waals surface area contributed by atoms with Crippen LogP contribution in [0.3, 0.4) is 0 Å². The van der Waals surface area contributed by atoms with Gasteiger partial charge in [-0.15, -0.1) is 11.3 Å². The lowest BCUT2D eigenvalue weighted by Gasteiger charge is -2.13. The molecule has 2 aromatic heterocycles. The van der Waals surface area contributed by atoms with Gasteiger partial charge < -0.3 is 15.1 Å². The summed E-state index contributed by atoms with van der Waals surface area (Å²) in [6.07, 6.45) is 0. The molecule has 0 spiro atoms. The second kappa shape index (κ2) is 8.81. The van der Waals surface area contributed by atoms with E-state index >= 15 is 0 Å². The summed E-state index contributed by atoms with van der Waals surface area (Å²) in [6, 6.07) is 17.8. The summed E-state index contributed by atoms with van der Waals surface area (Å²) in [7, 11) is 0. The van der Waals surface area contributed by atoms with Gasteiger partial charge in [-0.3, -0.25) is 9.59 Å². The Morgan fingerprint density at radius 1 is 1.10 bits per heavy atom. The van der Waals surface area contributed by atoms with Gasteiger partial charge in [-0.2, -0.15) is 0 Å². The van der Waals surface area contributed by atoms with Gasteiger partial charge >= 0.3 is 0 Å². The van der Waals surface area contributed by atoms with Crippen molar-refractivity contribution in [2.24, 2.45) is 0 Å². The minimum atomic E-state index is -0.681. The van der Waals surface area contributed by atoms with Gasteiger partial charge in [0, 0.05) is 10.0 Å². The fourth-order valence-corrected chi connectivity index (χ4v) is 4.03. The molecule has 0 bridgehead atoms. The number of thiazole rings is 1. The first-order valence-electron chi connectivity index (χ1n) is 9.28. The molecule has 8 heteroatoms. The number of nitrogens with zero attached hydrogens (tertiary/aromatic N) is 1. The Morgan fingerprint density at radius 2 is 1.87 bits per heavy atom. The number of hydrogen-bond donors (Lipinski definition) is 2. The topological polar surface area (TPSA) is 84.2 Å². The Labute approximate surface area is 185 Å². The number of halogens is 1. The summed E-state index contributed by atoms with van der Waals surface area (Å²) in [4.78, 5) is 29.2. The molecule has 4 aromatic rings. The number of nitrogens with one attached hydrogen (secondary N) is 2. The normalized spacial score (nSPS) is 11.9. The number of carbonyl (C=O) groups is 2. The minimum Gasteiger partial charge on any atom is -0.457 e. The van der Waals surface area contributed by atoms with Gasteiger partial charge in [0.25, 0.3) is 5.91 Å². The average Bonchev–Trinajstić information content (AvgIpc) is 3.39. The maximum atomic E-state index is 12.3. The summed E-state index contributed by atoms with van der Waals surface area (Å²) in [5, 5.41) is 6.27. The standard InChI is InChI=1S/C22H18BrN3O3S/c1-13(25-21(28)14-6-8-15(23)9-7-14)20(27)24-12-16-10-11-18(29-16)22-26-17-4-2-3-5-19(17)30-22/h2-11,13H,12H2,1H3,(H,24,27)(H,25,28)/t13-/m0/s1. The monoisotopic (exact) mass is 483 g/mol. The van der Waals surface area contributed by atoms with Crippen molar-refractivity contribution in [3.63, 3.8) is 0 Å². The first-order valence-corrected chi connectivity index (χ1v) is 10.9. The summed E-state index contributed by atoms with van der Waals surface area (Å²) < 4.78 is 7.81. The molecule has 1 atom stereocenters. The van der Waals surface area contributed by atoms with Crippen molar-refractivity contribution in [3.05, 3.63) is 76.5 Å². The number of rotatable bonds is 6. The van der Waals surface area contributed by atoms with Crippen LogP contribution in [0.25, 0.3) is 21.0 Å². The molecule has 0 radical (unpaired) electrons. The molecule has 0 fully saturated rings. The van der Waals surface area contributed by atoms with E-state index in [2.05, 4.69) is 31.5 Å². The van der Waals surface area contributed by atoms with Crippen LogP contribution in [0.15, 0.2) is 69.6 Å². The molecule has 0 unspecified atom stereocenters. The number of benzene rings is 2. The molecule has 6 nitrogen and oxygen atoms in total. The highest BCUT2D eigenvalue weighted by atomic mass is 79.9. The lowest BCUT2D eigenvalue weighted by Crippen LogP contribution is -2.44. The molecule has 30 heavy (non-hydrogen) atoms. The van der Waals surface area contributed by atoms with Crippen LogP contribution < -0.4 is 10.6 Å². The third kappa shape index (κ3) is 4.60. The van der Waals surface area contributed by atoms with Crippen LogP contribution in [-0.2, 0) is 11.3 Å². The van der Waals surface area contributed by atoms with Gasteiger partial charge in [0.05, 0.1) is 16.8 Å². The highest BCUT2D eigenvalue weighted by Gasteiger charge is 2.17. The van der Waals surface area contributed by atoms with Crippen LogP contribution in [0.2, 0.25) is 0 Å². The first kappa shape index (κ1) is 20.3. The average molecular weight is 484 g/mol. The molecular weight excluding hydrogens is 466 g/mol. The maximum Gasteiger partial charge on any atom is 0.251 e. The van der Waals surface area contributed by atoms with Crippen molar-refractivity contribution < 1.29 is 14.0 Å². The van der Waals surface area contributed by atoms with Crippen molar-refractivity contribution in [2.75, 3.05) is 0 Å². The van der Waals surface area contributed by atoms with Crippen molar-refractivity contribution >= 4 is 49.3 Å². The number of amides is 2. The second-order valence-corrected chi connectivity index (χ2v) is 8.62. The zero-order valence-corrected chi connectivity index (χ0v) is 18.4. The number of hydrogen-bond acceptors (Lipinski definition) is 5. The molecular formula is C22H18BrN3O3S. The van der Waals surface area contributed by atoms with E-state index < -0.39 is 6.04 Å². The van der Waals surface area contributed by atoms with Gasteiger partial charge in [0.2, 0.25) is 5.91 Å². The number of para-hydroxylation sites is 1. The first-order chi connectivity index (χ1) is 14.5. The lowest BCUT2D eigenvalue weighted by atomic mass is 10.2. The Hall–Kier alpha value is -2.97. The molecule has 2 aromatic carbocycles. The van der Waals surface area contributed by atoms with Crippen molar-refractivity contribution in [1.82, 2.24) is 15.6 Å². The van der Waals surface area contributed by atoms with Crippen LogP contribution in [0.5, 0.6) is 0 Å². The Kier molecular flexibility index (Phi) is 5.96. The van der Waals surface area contributed by atoms with Gasteiger partial charge in [0.1, 0.15) is 11.8 Å². The van der Waals surface area contributed by atoms with Crippen molar-refractivity contribution in [3.8, 4) is 10.8 Å². The quantitative estimate of drug-likeness (QED) is 0.414. The van der Waals surface area contributed by atoms with Gasteiger partial charge in [-0.05, 0) is 55.5 Å². The third-order valence-electron chi connectivity index (χ3n) is 4.45. The van der Waals surface area contributed by atoms with Gasteiger partial charge in [0.15, 0.2) is 10.8 Å². The minimum absolute atomic E-state index is 0.224. The van der Waals surface area contributed by atoms with Gasteiger partial charge in [-0.1, -0.05) is 28.1 Å². The van der Waals surface area contributed by atoms with Crippen LogP contribution in [-0.4, -0.2) is 22.8 Å². The molecule has 0 saturated heterocycles. The maximum absolute atomic E-state index is 12.3.